The molecule has 0 unspecified atom stereocenters. The molecule has 0 saturated carbocycles. The number of nitrogens with zero attached hydrogens (tertiary/aromatic N) is 1. The Kier molecular flexibility index (Phi) is 6.17. The lowest BCUT2D eigenvalue weighted by Crippen LogP contribution is -2.36. The van der Waals surface area contributed by atoms with Crippen LogP contribution in [0.4, 0.5) is 11.4 Å². The number of benzene rings is 2. The van der Waals surface area contributed by atoms with Gasteiger partial charge in [0.2, 0.25) is 11.8 Å². The fourth-order valence-corrected chi connectivity index (χ4v) is 3.39. The third-order valence-corrected chi connectivity index (χ3v) is 5.02. The van der Waals surface area contributed by atoms with E-state index in [0.29, 0.717) is 30.2 Å². The van der Waals surface area contributed by atoms with Gasteiger partial charge in [0.1, 0.15) is 0 Å². The number of fused-ring (bicyclic) bond motifs is 1. The van der Waals surface area contributed by atoms with Crippen molar-refractivity contribution in [1.29, 1.82) is 0 Å². The first-order valence-electron chi connectivity index (χ1n) is 9.40. The zero-order valence-electron chi connectivity index (χ0n) is 15.8. The molecule has 2 amide bonds. The molecule has 0 bridgehead atoms. The number of amides is 2. The molecule has 4 nitrogen and oxygen atoms in total. The van der Waals surface area contributed by atoms with Crippen molar-refractivity contribution in [3.8, 4) is 0 Å². The molecule has 5 heteroatoms. The largest absolute Gasteiger partial charge is 0.326 e. The quantitative estimate of drug-likeness (QED) is 0.774. The lowest BCUT2D eigenvalue weighted by molar-refractivity contribution is -0.119. The molecule has 1 aliphatic heterocycles. The molecule has 0 spiro atoms. The third-order valence-electron chi connectivity index (χ3n) is 4.77. The molecule has 0 aliphatic carbocycles. The van der Waals surface area contributed by atoms with Crippen LogP contribution in [0.2, 0.25) is 5.02 Å². The number of rotatable bonds is 6. The summed E-state index contributed by atoms with van der Waals surface area (Å²) >= 11 is 5.88. The molecular formula is C22H25ClN2O2. The van der Waals surface area contributed by atoms with Crippen molar-refractivity contribution in [2.45, 2.75) is 39.5 Å². The van der Waals surface area contributed by atoms with Crippen LogP contribution < -0.4 is 10.2 Å². The number of nitrogens with one attached hydrogen (secondary N) is 1. The number of anilines is 2. The number of aryl methyl sites for hydroxylation is 1. The minimum atomic E-state index is -0.0687. The molecule has 0 saturated heterocycles. The van der Waals surface area contributed by atoms with Crippen molar-refractivity contribution in [1.82, 2.24) is 0 Å². The van der Waals surface area contributed by atoms with Crippen LogP contribution in [0.5, 0.6) is 0 Å². The van der Waals surface area contributed by atoms with Gasteiger partial charge in [0, 0.05) is 29.4 Å². The topological polar surface area (TPSA) is 49.4 Å². The van der Waals surface area contributed by atoms with Crippen LogP contribution in [0.15, 0.2) is 42.5 Å². The van der Waals surface area contributed by atoms with Crippen molar-refractivity contribution < 1.29 is 9.59 Å². The van der Waals surface area contributed by atoms with E-state index >= 15 is 0 Å². The normalized spacial score (nSPS) is 13.6. The zero-order chi connectivity index (χ0) is 19.4. The fraction of sp³-hybridized carbons (Fsp3) is 0.364. The predicted molar refractivity (Wildman–Crippen MR) is 110 cm³/mol. The summed E-state index contributed by atoms with van der Waals surface area (Å²) in [6, 6.07) is 13.1. The summed E-state index contributed by atoms with van der Waals surface area (Å²) < 4.78 is 0. The molecule has 1 N–H and O–H groups in total. The van der Waals surface area contributed by atoms with E-state index in [2.05, 4.69) is 19.2 Å². The average molecular weight is 385 g/mol. The first-order chi connectivity index (χ1) is 12.9. The fourth-order valence-electron chi connectivity index (χ4n) is 3.26. The molecular weight excluding hydrogens is 360 g/mol. The van der Waals surface area contributed by atoms with Crippen LogP contribution in [0.1, 0.15) is 37.8 Å². The number of carbonyl (C=O) groups excluding carboxylic acids is 2. The van der Waals surface area contributed by atoms with E-state index < -0.39 is 0 Å². The van der Waals surface area contributed by atoms with Gasteiger partial charge in [0.25, 0.3) is 0 Å². The minimum Gasteiger partial charge on any atom is -0.326 e. The first kappa shape index (κ1) is 19.4. The maximum Gasteiger partial charge on any atom is 0.228 e. The van der Waals surface area contributed by atoms with Crippen LogP contribution in [-0.2, 0) is 22.4 Å². The zero-order valence-corrected chi connectivity index (χ0v) is 16.6. The van der Waals surface area contributed by atoms with Gasteiger partial charge in [-0.25, -0.2) is 0 Å². The summed E-state index contributed by atoms with van der Waals surface area (Å²) in [6.45, 7) is 5.06. The van der Waals surface area contributed by atoms with Gasteiger partial charge in [-0.15, -0.1) is 0 Å². The van der Waals surface area contributed by atoms with Crippen molar-refractivity contribution >= 4 is 34.8 Å². The lowest BCUT2D eigenvalue weighted by Gasteiger charge is -2.30. The summed E-state index contributed by atoms with van der Waals surface area (Å²) in [7, 11) is 0. The Morgan fingerprint density at radius 1 is 1.15 bits per heavy atom. The Hall–Kier alpha value is -2.33. The van der Waals surface area contributed by atoms with Gasteiger partial charge in [0.15, 0.2) is 0 Å². The highest BCUT2D eigenvalue weighted by atomic mass is 35.5. The minimum absolute atomic E-state index is 0.0687. The first-order valence-corrected chi connectivity index (χ1v) is 9.78. The van der Waals surface area contributed by atoms with Crippen LogP contribution in [-0.4, -0.2) is 18.4 Å². The van der Waals surface area contributed by atoms with Gasteiger partial charge in [-0.05, 0) is 60.2 Å². The second-order valence-corrected chi connectivity index (χ2v) is 7.86. The molecule has 0 fully saturated rings. The van der Waals surface area contributed by atoms with Gasteiger partial charge in [-0.2, -0.15) is 0 Å². The van der Waals surface area contributed by atoms with Crippen LogP contribution in [0, 0.1) is 5.92 Å². The monoisotopic (exact) mass is 384 g/mol. The molecule has 1 heterocycles. The summed E-state index contributed by atoms with van der Waals surface area (Å²) in [6.07, 6.45) is 2.51. The average Bonchev–Trinajstić information content (AvgIpc) is 2.62. The highest BCUT2D eigenvalue weighted by Crippen LogP contribution is 2.31. The Bertz CT molecular complexity index is 831. The summed E-state index contributed by atoms with van der Waals surface area (Å²) in [5, 5.41) is 3.61. The molecule has 2 aromatic rings. The number of hydrogen-bond acceptors (Lipinski definition) is 2. The van der Waals surface area contributed by atoms with Gasteiger partial charge >= 0.3 is 0 Å². The summed E-state index contributed by atoms with van der Waals surface area (Å²) in [5.74, 6) is 0.665. The smallest absolute Gasteiger partial charge is 0.228 e. The molecule has 3 rings (SSSR count). The Morgan fingerprint density at radius 2 is 1.89 bits per heavy atom. The van der Waals surface area contributed by atoms with E-state index in [1.165, 1.54) is 0 Å². The van der Waals surface area contributed by atoms with Gasteiger partial charge in [-0.1, -0.05) is 37.6 Å². The standard InChI is InChI=1S/C22H25ClN2O2/c1-15(2)11-12-25-20-9-8-19(14-17(20)5-10-22(25)27)24-21(26)13-16-3-6-18(23)7-4-16/h3-4,6-9,14-15H,5,10-13H2,1-2H3,(H,24,26). The number of hydrogen-bond donors (Lipinski definition) is 1. The maximum atomic E-state index is 12.3. The van der Waals surface area contributed by atoms with E-state index in [1.54, 1.807) is 12.1 Å². The van der Waals surface area contributed by atoms with Gasteiger partial charge < -0.3 is 10.2 Å². The molecule has 2 aromatic carbocycles. The predicted octanol–water partition coefficient (Wildman–Crippen LogP) is 4.85. The molecule has 0 atom stereocenters. The van der Waals surface area contributed by atoms with Crippen molar-refractivity contribution in [2.75, 3.05) is 16.8 Å². The van der Waals surface area contributed by atoms with Crippen molar-refractivity contribution in [2.24, 2.45) is 5.92 Å². The number of carbonyl (C=O) groups is 2. The van der Waals surface area contributed by atoms with Crippen LogP contribution in [0.3, 0.4) is 0 Å². The van der Waals surface area contributed by atoms with Crippen LogP contribution in [0.25, 0.3) is 0 Å². The van der Waals surface area contributed by atoms with E-state index in [0.717, 1.165) is 35.5 Å². The van der Waals surface area contributed by atoms with Crippen molar-refractivity contribution in [3.63, 3.8) is 0 Å². The Morgan fingerprint density at radius 3 is 2.59 bits per heavy atom. The summed E-state index contributed by atoms with van der Waals surface area (Å²) in [4.78, 5) is 26.5. The molecule has 1 aliphatic rings. The molecule has 142 valence electrons. The maximum absolute atomic E-state index is 12.3. The highest BCUT2D eigenvalue weighted by Gasteiger charge is 2.24. The second-order valence-electron chi connectivity index (χ2n) is 7.42. The van der Waals surface area contributed by atoms with Crippen LogP contribution >= 0.6 is 11.6 Å². The van der Waals surface area contributed by atoms with E-state index in [1.807, 2.05) is 35.2 Å². The molecule has 0 aromatic heterocycles. The molecule has 0 radical (unpaired) electrons. The van der Waals surface area contributed by atoms with E-state index in [-0.39, 0.29) is 11.8 Å². The lowest BCUT2D eigenvalue weighted by atomic mass is 9.99. The Balaban J connectivity index is 1.69. The summed E-state index contributed by atoms with van der Waals surface area (Å²) in [5.41, 5.74) is 3.77. The number of halogens is 1. The Labute approximate surface area is 165 Å². The van der Waals surface area contributed by atoms with Gasteiger partial charge in [0.05, 0.1) is 6.42 Å². The molecule has 27 heavy (non-hydrogen) atoms. The van der Waals surface area contributed by atoms with Crippen molar-refractivity contribution in [3.05, 3.63) is 58.6 Å². The van der Waals surface area contributed by atoms with Gasteiger partial charge in [-0.3, -0.25) is 9.59 Å². The third kappa shape index (κ3) is 5.10. The highest BCUT2D eigenvalue weighted by molar-refractivity contribution is 6.30. The second kappa shape index (κ2) is 8.57. The van der Waals surface area contributed by atoms with E-state index in [9.17, 15) is 9.59 Å². The SMILES string of the molecule is CC(C)CCN1C(=O)CCc2cc(NC(=O)Cc3ccc(Cl)cc3)ccc21. The van der Waals surface area contributed by atoms with E-state index in [4.69, 9.17) is 11.6 Å².